The molecule has 0 bridgehead atoms. The van der Waals surface area contributed by atoms with Gasteiger partial charge in [-0.15, -0.1) is 5.10 Å². The molecule has 3 aromatic rings. The molecule has 3 rings (SSSR count). The third-order valence-electron chi connectivity index (χ3n) is 3.89. The summed E-state index contributed by atoms with van der Waals surface area (Å²) in [6.45, 7) is 1.60. The number of aromatic nitrogens is 4. The second-order valence-corrected chi connectivity index (χ2v) is 7.53. The van der Waals surface area contributed by atoms with Gasteiger partial charge in [0.05, 0.1) is 16.8 Å². The standard InChI is InChI=1S/C15H12F3N5O4S/c1-8-6-7-19-13-20-14(21-23(8)13)28(26,27)22(2)11-9(12(24)25)4-3-5-10(11)15(16,17)18/h3-7H,1-2H3,(H,24,25). The maximum absolute atomic E-state index is 13.4. The molecule has 1 aromatic carbocycles. The van der Waals surface area contributed by atoms with Crippen molar-refractivity contribution >= 4 is 27.5 Å². The van der Waals surface area contributed by atoms with E-state index in [1.807, 2.05) is 0 Å². The minimum Gasteiger partial charge on any atom is -0.478 e. The van der Waals surface area contributed by atoms with Gasteiger partial charge >= 0.3 is 22.2 Å². The maximum Gasteiger partial charge on any atom is 0.418 e. The first-order valence-electron chi connectivity index (χ1n) is 7.55. The lowest BCUT2D eigenvalue weighted by atomic mass is 10.1. The summed E-state index contributed by atoms with van der Waals surface area (Å²) in [5, 5.41) is 12.2. The summed E-state index contributed by atoms with van der Waals surface area (Å²) < 4.78 is 67.3. The van der Waals surface area contributed by atoms with Gasteiger partial charge in [0.25, 0.3) is 10.9 Å². The van der Waals surface area contributed by atoms with Crippen LogP contribution in [0.2, 0.25) is 0 Å². The van der Waals surface area contributed by atoms with Crippen LogP contribution in [0.25, 0.3) is 5.78 Å². The first-order valence-corrected chi connectivity index (χ1v) is 8.99. The van der Waals surface area contributed by atoms with Crippen molar-refractivity contribution in [2.24, 2.45) is 0 Å². The van der Waals surface area contributed by atoms with E-state index in [2.05, 4.69) is 15.1 Å². The number of para-hydroxylation sites is 1. The van der Waals surface area contributed by atoms with Crippen molar-refractivity contribution in [3.05, 3.63) is 47.3 Å². The summed E-state index contributed by atoms with van der Waals surface area (Å²) in [6.07, 6.45) is -3.63. The Morgan fingerprint density at radius 1 is 1.25 bits per heavy atom. The van der Waals surface area contributed by atoms with Gasteiger partial charge < -0.3 is 5.11 Å². The number of alkyl halides is 3. The van der Waals surface area contributed by atoms with Crippen LogP contribution in [0.5, 0.6) is 0 Å². The number of fused-ring (bicyclic) bond motifs is 1. The van der Waals surface area contributed by atoms with Gasteiger partial charge in [-0.1, -0.05) is 6.07 Å². The second kappa shape index (κ2) is 6.44. The molecule has 28 heavy (non-hydrogen) atoms. The third-order valence-corrected chi connectivity index (χ3v) is 5.43. The quantitative estimate of drug-likeness (QED) is 0.692. The Bertz CT molecular complexity index is 1190. The van der Waals surface area contributed by atoms with E-state index in [1.165, 1.54) is 12.3 Å². The molecule has 0 saturated heterocycles. The van der Waals surface area contributed by atoms with Crippen LogP contribution in [0.3, 0.4) is 0 Å². The molecule has 0 aliphatic heterocycles. The van der Waals surface area contributed by atoms with Gasteiger partial charge in [0.15, 0.2) is 0 Å². The number of hydrogen-bond acceptors (Lipinski definition) is 6. The molecular formula is C15H12F3N5O4S. The molecule has 0 radical (unpaired) electrons. The lowest BCUT2D eigenvalue weighted by Gasteiger charge is -2.23. The summed E-state index contributed by atoms with van der Waals surface area (Å²) in [4.78, 5) is 19.0. The highest BCUT2D eigenvalue weighted by atomic mass is 32.2. The van der Waals surface area contributed by atoms with E-state index in [1.54, 1.807) is 6.92 Å². The Hall–Kier alpha value is -3.22. The van der Waals surface area contributed by atoms with Crippen LogP contribution in [0.4, 0.5) is 18.9 Å². The Balaban J connectivity index is 2.24. The number of anilines is 1. The average Bonchev–Trinajstić information content (AvgIpc) is 3.06. The molecule has 1 N–H and O–H groups in total. The monoisotopic (exact) mass is 415 g/mol. The molecule has 9 nitrogen and oxygen atoms in total. The number of halogens is 3. The number of benzene rings is 1. The Morgan fingerprint density at radius 3 is 2.50 bits per heavy atom. The maximum atomic E-state index is 13.4. The van der Waals surface area contributed by atoms with Crippen LogP contribution < -0.4 is 4.31 Å². The van der Waals surface area contributed by atoms with E-state index in [4.69, 9.17) is 0 Å². The zero-order valence-corrected chi connectivity index (χ0v) is 15.2. The lowest BCUT2D eigenvalue weighted by molar-refractivity contribution is -0.137. The van der Waals surface area contributed by atoms with Gasteiger partial charge in [0.2, 0.25) is 0 Å². The SMILES string of the molecule is Cc1ccnc2nc(S(=O)(=O)N(C)c3c(C(=O)O)cccc3C(F)(F)F)nn12. The molecule has 0 fully saturated rings. The average molecular weight is 415 g/mol. The lowest BCUT2D eigenvalue weighted by Crippen LogP contribution is -2.31. The number of carboxylic acid groups (broad SMARTS) is 1. The Kier molecular flexibility index (Phi) is 4.49. The van der Waals surface area contributed by atoms with Crippen molar-refractivity contribution in [2.45, 2.75) is 18.3 Å². The van der Waals surface area contributed by atoms with Crippen molar-refractivity contribution in [1.29, 1.82) is 0 Å². The number of carboxylic acids is 1. The first-order chi connectivity index (χ1) is 12.9. The number of nitrogens with zero attached hydrogens (tertiary/aromatic N) is 5. The van der Waals surface area contributed by atoms with Gasteiger partial charge in [-0.05, 0) is 25.1 Å². The van der Waals surface area contributed by atoms with Crippen molar-refractivity contribution < 1.29 is 31.5 Å². The minimum absolute atomic E-state index is 0.0745. The van der Waals surface area contributed by atoms with Crippen LogP contribution in [-0.2, 0) is 16.2 Å². The molecule has 0 spiro atoms. The van der Waals surface area contributed by atoms with E-state index in [9.17, 15) is 31.5 Å². The summed E-state index contributed by atoms with van der Waals surface area (Å²) in [6, 6.07) is 3.88. The van der Waals surface area contributed by atoms with Gasteiger partial charge in [0, 0.05) is 18.9 Å². The fourth-order valence-electron chi connectivity index (χ4n) is 2.52. The molecule has 0 aliphatic rings. The van der Waals surface area contributed by atoms with Crippen molar-refractivity contribution in [1.82, 2.24) is 19.6 Å². The topological polar surface area (TPSA) is 118 Å². The Labute approximate surface area is 156 Å². The summed E-state index contributed by atoms with van der Waals surface area (Å²) in [5.74, 6) is -1.79. The zero-order valence-electron chi connectivity index (χ0n) is 14.3. The van der Waals surface area contributed by atoms with Crippen LogP contribution in [-0.4, -0.2) is 46.1 Å². The number of aryl methyl sites for hydroxylation is 1. The first kappa shape index (κ1) is 19.5. The van der Waals surface area contributed by atoms with Gasteiger partial charge in [-0.2, -0.15) is 26.6 Å². The molecule has 2 heterocycles. The molecule has 0 aliphatic carbocycles. The minimum atomic E-state index is -4.99. The smallest absolute Gasteiger partial charge is 0.418 e. The van der Waals surface area contributed by atoms with Gasteiger partial charge in [0.1, 0.15) is 0 Å². The van der Waals surface area contributed by atoms with Crippen molar-refractivity contribution in [2.75, 3.05) is 11.4 Å². The highest BCUT2D eigenvalue weighted by Crippen LogP contribution is 2.39. The van der Waals surface area contributed by atoms with Gasteiger partial charge in [-0.3, -0.25) is 4.31 Å². The van der Waals surface area contributed by atoms with Crippen LogP contribution in [0.15, 0.2) is 35.6 Å². The van der Waals surface area contributed by atoms with E-state index >= 15 is 0 Å². The van der Waals surface area contributed by atoms with E-state index in [0.717, 1.165) is 23.7 Å². The summed E-state index contributed by atoms with van der Waals surface area (Å²) >= 11 is 0. The third kappa shape index (κ3) is 3.13. The zero-order chi connectivity index (χ0) is 20.9. The molecule has 0 unspecified atom stereocenters. The van der Waals surface area contributed by atoms with Crippen LogP contribution >= 0.6 is 0 Å². The number of hydrogen-bond donors (Lipinski definition) is 1. The predicted octanol–water partition coefficient (Wildman–Crippen LogP) is 1.97. The van der Waals surface area contributed by atoms with Crippen LogP contribution in [0, 0.1) is 6.92 Å². The molecule has 0 atom stereocenters. The predicted molar refractivity (Wildman–Crippen MR) is 89.5 cm³/mol. The molecule has 13 heteroatoms. The summed E-state index contributed by atoms with van der Waals surface area (Å²) in [5.41, 5.74) is -2.80. The van der Waals surface area contributed by atoms with Crippen molar-refractivity contribution in [3.8, 4) is 0 Å². The molecule has 0 saturated carbocycles. The van der Waals surface area contributed by atoms with E-state index < -0.39 is 44.1 Å². The summed E-state index contributed by atoms with van der Waals surface area (Å²) in [7, 11) is -3.92. The molecule has 148 valence electrons. The molecule has 2 aromatic heterocycles. The highest BCUT2D eigenvalue weighted by molar-refractivity contribution is 7.92. The number of carbonyl (C=O) groups is 1. The number of sulfonamides is 1. The largest absolute Gasteiger partial charge is 0.478 e. The number of rotatable bonds is 4. The van der Waals surface area contributed by atoms with E-state index in [0.29, 0.717) is 11.8 Å². The Morgan fingerprint density at radius 2 is 1.93 bits per heavy atom. The highest BCUT2D eigenvalue weighted by Gasteiger charge is 2.40. The van der Waals surface area contributed by atoms with E-state index in [-0.39, 0.29) is 10.1 Å². The van der Waals surface area contributed by atoms with Gasteiger partial charge in [-0.25, -0.2) is 14.3 Å². The van der Waals surface area contributed by atoms with Crippen LogP contribution in [0.1, 0.15) is 21.6 Å². The normalized spacial score (nSPS) is 12.3. The number of aromatic carboxylic acids is 1. The molecular weight excluding hydrogens is 403 g/mol. The fraction of sp³-hybridized carbons (Fsp3) is 0.200. The van der Waals surface area contributed by atoms with Crippen molar-refractivity contribution in [3.63, 3.8) is 0 Å². The second-order valence-electron chi connectivity index (χ2n) is 5.67. The molecule has 0 amide bonds. The fourth-order valence-corrected chi connectivity index (χ4v) is 3.59.